The number of aliphatic hydroxyl groups is 1. The van der Waals surface area contributed by atoms with E-state index in [0.717, 1.165) is 89.9 Å². The molecule has 0 saturated carbocycles. The summed E-state index contributed by atoms with van der Waals surface area (Å²) < 4.78 is 10.8. The minimum atomic E-state index is -0.777. The van der Waals surface area contributed by atoms with Gasteiger partial charge < -0.3 is 14.6 Å². The molecule has 0 rings (SSSR count). The van der Waals surface area contributed by atoms with Crippen molar-refractivity contribution >= 4 is 11.9 Å². The van der Waals surface area contributed by atoms with Crippen LogP contribution >= 0.6 is 0 Å². The Labute approximate surface area is 535 Å². The zero-order valence-electron chi connectivity index (χ0n) is 57.1. The number of hydrogen-bond acceptors (Lipinski definition) is 5. The minimum Gasteiger partial charge on any atom is -0.462 e. The molecule has 0 bridgehead atoms. The number of carbonyl (C=O) groups excluding carboxylic acids is 2. The molecule has 0 heterocycles. The zero-order valence-corrected chi connectivity index (χ0v) is 57.1. The first-order valence-electron chi connectivity index (χ1n) is 37.4. The molecule has 5 heteroatoms. The summed E-state index contributed by atoms with van der Waals surface area (Å²) in [5.41, 5.74) is 0. The Morgan fingerprint density at radius 3 is 0.767 bits per heavy atom. The van der Waals surface area contributed by atoms with Crippen LogP contribution in [0.15, 0.2) is 109 Å². The number of esters is 2. The Morgan fingerprint density at radius 1 is 0.279 bits per heavy atom. The van der Waals surface area contributed by atoms with Gasteiger partial charge in [-0.1, -0.05) is 367 Å². The van der Waals surface area contributed by atoms with Crippen molar-refractivity contribution in [1.29, 1.82) is 0 Å². The van der Waals surface area contributed by atoms with E-state index in [9.17, 15) is 14.7 Å². The number of rotatable bonds is 69. The van der Waals surface area contributed by atoms with Crippen molar-refractivity contribution in [3.8, 4) is 0 Å². The first kappa shape index (κ1) is 82.6. The number of aliphatic hydroxyl groups excluding tert-OH is 1. The second kappa shape index (κ2) is 75.8. The lowest BCUT2D eigenvalue weighted by Gasteiger charge is -2.15. The number of allylic oxidation sites excluding steroid dienone is 18. The van der Waals surface area contributed by atoms with Gasteiger partial charge in [-0.15, -0.1) is 0 Å². The summed E-state index contributed by atoms with van der Waals surface area (Å²) in [7, 11) is 0. The van der Waals surface area contributed by atoms with Gasteiger partial charge >= 0.3 is 11.9 Å². The lowest BCUT2D eigenvalue weighted by Crippen LogP contribution is -2.28. The fraction of sp³-hybridized carbons (Fsp3) is 0.753. The summed E-state index contributed by atoms with van der Waals surface area (Å²) in [4.78, 5) is 24.7. The first-order valence-corrected chi connectivity index (χ1v) is 37.4. The van der Waals surface area contributed by atoms with Crippen molar-refractivity contribution in [2.75, 3.05) is 13.2 Å². The summed E-state index contributed by atoms with van der Waals surface area (Å²) in [6.45, 7) is 4.07. The third kappa shape index (κ3) is 73.0. The predicted molar refractivity (Wildman–Crippen MR) is 380 cm³/mol. The maximum absolute atomic E-state index is 12.4. The van der Waals surface area contributed by atoms with Gasteiger partial charge in [-0.3, -0.25) is 9.59 Å². The predicted octanol–water partition coefficient (Wildman–Crippen LogP) is 26.3. The van der Waals surface area contributed by atoms with Gasteiger partial charge in [0.25, 0.3) is 0 Å². The molecule has 1 unspecified atom stereocenters. The van der Waals surface area contributed by atoms with E-state index < -0.39 is 6.10 Å². The summed E-state index contributed by atoms with van der Waals surface area (Å²) >= 11 is 0. The number of ether oxygens (including phenoxy) is 2. The van der Waals surface area contributed by atoms with Crippen molar-refractivity contribution in [3.63, 3.8) is 0 Å². The highest BCUT2D eigenvalue weighted by atomic mass is 16.6. The van der Waals surface area contributed by atoms with Crippen LogP contribution in [-0.4, -0.2) is 36.4 Å². The fourth-order valence-corrected chi connectivity index (χ4v) is 11.0. The smallest absolute Gasteiger partial charge is 0.306 e. The lowest BCUT2D eigenvalue weighted by molar-refractivity contribution is -0.161. The van der Waals surface area contributed by atoms with Crippen LogP contribution in [0.2, 0.25) is 0 Å². The van der Waals surface area contributed by atoms with Crippen LogP contribution in [0.5, 0.6) is 0 Å². The van der Waals surface area contributed by atoms with Crippen molar-refractivity contribution < 1.29 is 24.2 Å². The van der Waals surface area contributed by atoms with Gasteiger partial charge in [-0.05, 0) is 103 Å². The number of carbonyl (C=O) groups is 2. The standard InChI is InChI=1S/C81H142O5/c1-3-5-7-9-11-13-15-17-19-21-23-25-27-29-31-33-35-37-38-39-40-41-42-44-46-48-50-52-54-56-58-60-62-64-66-68-70-72-74-76-81(84)86-79(77-82)78-85-80(83)75-73-71-69-67-65-63-61-59-57-55-53-51-49-47-45-43-36-34-32-30-28-26-24-22-20-18-16-14-12-10-8-6-4-2/h5,7,11,13,17,19,22-25,29,31,35,37,39-40,42,44,79,82H,3-4,6,8-10,12,14-16,18,20-21,26-28,30,32-34,36,38,41,43,45-78H2,1-2H3/b7-5-,13-11-,19-17-,24-22-,25-23-,31-29-,37-35-,40-39-,44-42-. The molecule has 0 aliphatic rings. The molecule has 0 radical (unpaired) electrons. The number of unbranched alkanes of at least 4 members (excludes halogenated alkanes) is 43. The molecule has 0 aromatic heterocycles. The van der Waals surface area contributed by atoms with Crippen LogP contribution in [0.4, 0.5) is 0 Å². The van der Waals surface area contributed by atoms with E-state index in [2.05, 4.69) is 123 Å². The van der Waals surface area contributed by atoms with Gasteiger partial charge in [0.05, 0.1) is 6.61 Å². The van der Waals surface area contributed by atoms with E-state index in [0.29, 0.717) is 12.8 Å². The Morgan fingerprint density at radius 2 is 0.500 bits per heavy atom. The van der Waals surface area contributed by atoms with E-state index >= 15 is 0 Å². The fourth-order valence-electron chi connectivity index (χ4n) is 11.0. The lowest BCUT2D eigenvalue weighted by atomic mass is 10.0. The SMILES string of the molecule is CC/C=C\C/C=C\C/C=C\C/C=C\C/C=C\C/C=C\C/C=C\C/C=C\CCCCCCCCCCCCCCCCC(=O)OC(CO)COC(=O)CCCCCCCCCCCCCCCCCCCCCCC/C=C\CCCCCCCCCC. The molecule has 0 fully saturated rings. The molecule has 0 amide bonds. The second-order valence-electron chi connectivity index (χ2n) is 25.0. The number of hydrogen-bond donors (Lipinski definition) is 1. The molecular weight excluding hydrogens is 1050 g/mol. The first-order chi connectivity index (χ1) is 42.6. The highest BCUT2D eigenvalue weighted by Crippen LogP contribution is 2.18. The van der Waals surface area contributed by atoms with Crippen LogP contribution in [0.25, 0.3) is 0 Å². The van der Waals surface area contributed by atoms with Gasteiger partial charge in [-0.2, -0.15) is 0 Å². The van der Waals surface area contributed by atoms with Crippen LogP contribution in [0.1, 0.15) is 373 Å². The van der Waals surface area contributed by atoms with E-state index in [1.54, 1.807) is 0 Å². The molecule has 0 spiro atoms. The highest BCUT2D eigenvalue weighted by Gasteiger charge is 2.16. The van der Waals surface area contributed by atoms with Gasteiger partial charge in [0.15, 0.2) is 6.10 Å². The van der Waals surface area contributed by atoms with Crippen molar-refractivity contribution in [1.82, 2.24) is 0 Å². The molecule has 1 atom stereocenters. The molecule has 496 valence electrons. The molecule has 0 aromatic rings. The van der Waals surface area contributed by atoms with E-state index in [1.807, 2.05) is 0 Å². The maximum atomic E-state index is 12.4. The third-order valence-electron chi connectivity index (χ3n) is 16.6. The molecule has 0 aliphatic carbocycles. The van der Waals surface area contributed by atoms with Gasteiger partial charge in [0.2, 0.25) is 0 Å². The molecule has 1 N–H and O–H groups in total. The normalized spacial score (nSPS) is 12.8. The molecule has 86 heavy (non-hydrogen) atoms. The highest BCUT2D eigenvalue weighted by molar-refractivity contribution is 5.70. The molecular formula is C81H142O5. The average Bonchev–Trinajstić information content (AvgIpc) is 3.55. The maximum Gasteiger partial charge on any atom is 0.306 e. The molecule has 0 aliphatic heterocycles. The van der Waals surface area contributed by atoms with Crippen LogP contribution in [0, 0.1) is 0 Å². The summed E-state index contributed by atoms with van der Waals surface area (Å²) in [5, 5.41) is 9.72. The van der Waals surface area contributed by atoms with Crippen LogP contribution in [-0.2, 0) is 19.1 Å². The molecule has 0 aromatic carbocycles. The quantitative estimate of drug-likeness (QED) is 0.0373. The van der Waals surface area contributed by atoms with E-state index in [-0.39, 0.29) is 25.2 Å². The summed E-state index contributed by atoms with van der Waals surface area (Å²) in [6.07, 6.45) is 110. The molecule has 5 nitrogen and oxygen atoms in total. The largest absolute Gasteiger partial charge is 0.462 e. The van der Waals surface area contributed by atoms with E-state index in [1.165, 1.54) is 257 Å². The van der Waals surface area contributed by atoms with Crippen molar-refractivity contribution in [2.24, 2.45) is 0 Å². The van der Waals surface area contributed by atoms with E-state index in [4.69, 9.17) is 9.47 Å². The van der Waals surface area contributed by atoms with Crippen LogP contribution in [0.3, 0.4) is 0 Å². The third-order valence-corrected chi connectivity index (χ3v) is 16.6. The van der Waals surface area contributed by atoms with Crippen LogP contribution < -0.4 is 0 Å². The minimum absolute atomic E-state index is 0.0655. The van der Waals surface area contributed by atoms with Crippen molar-refractivity contribution in [3.05, 3.63) is 109 Å². The van der Waals surface area contributed by atoms with Crippen molar-refractivity contribution in [2.45, 2.75) is 380 Å². The monoisotopic (exact) mass is 1200 g/mol. The average molecular weight is 1200 g/mol. The second-order valence-corrected chi connectivity index (χ2v) is 25.0. The van der Waals surface area contributed by atoms with Gasteiger partial charge in [0.1, 0.15) is 6.61 Å². The summed E-state index contributed by atoms with van der Waals surface area (Å²) in [5.74, 6) is -0.577. The zero-order chi connectivity index (χ0) is 61.9. The Balaban J connectivity index is 3.45. The Bertz CT molecular complexity index is 1640. The Kier molecular flexibility index (Phi) is 72.8. The Hall–Kier alpha value is -3.44. The topological polar surface area (TPSA) is 72.8 Å². The van der Waals surface area contributed by atoms with Gasteiger partial charge in [-0.25, -0.2) is 0 Å². The summed E-state index contributed by atoms with van der Waals surface area (Å²) in [6, 6.07) is 0. The molecule has 0 saturated heterocycles. The van der Waals surface area contributed by atoms with Gasteiger partial charge in [0, 0.05) is 12.8 Å².